The summed E-state index contributed by atoms with van der Waals surface area (Å²) in [6.45, 7) is -0.891. The summed E-state index contributed by atoms with van der Waals surface area (Å²) in [5.74, 6) is 0.389. The molecule has 1 atom stereocenters. The van der Waals surface area contributed by atoms with E-state index < -0.39 is 24.6 Å². The fourth-order valence-corrected chi connectivity index (χ4v) is 2.88. The zero-order chi connectivity index (χ0) is 15.9. The first kappa shape index (κ1) is 18.1. The molecule has 21 heavy (non-hydrogen) atoms. The van der Waals surface area contributed by atoms with Gasteiger partial charge in [0.2, 0.25) is 5.91 Å². The van der Waals surface area contributed by atoms with Crippen LogP contribution in [0.4, 0.5) is 13.2 Å². The van der Waals surface area contributed by atoms with Gasteiger partial charge in [0.15, 0.2) is 0 Å². The van der Waals surface area contributed by atoms with E-state index in [0.717, 1.165) is 19.4 Å². The van der Waals surface area contributed by atoms with Gasteiger partial charge in [0.25, 0.3) is 0 Å². The van der Waals surface area contributed by atoms with E-state index in [2.05, 4.69) is 10.1 Å². The van der Waals surface area contributed by atoms with Gasteiger partial charge in [-0.1, -0.05) is 0 Å². The van der Waals surface area contributed by atoms with Gasteiger partial charge in [0, 0.05) is 37.1 Å². The molecule has 1 aliphatic rings. The van der Waals surface area contributed by atoms with Crippen molar-refractivity contribution in [2.75, 3.05) is 38.2 Å². The number of hydrogen-bond donors (Lipinski definition) is 1. The number of alkyl halides is 3. The summed E-state index contributed by atoms with van der Waals surface area (Å²) in [5.41, 5.74) is 0. The third-order valence-electron chi connectivity index (χ3n) is 2.96. The van der Waals surface area contributed by atoms with Crippen LogP contribution in [0.2, 0.25) is 0 Å². The van der Waals surface area contributed by atoms with Gasteiger partial charge in [0.05, 0.1) is 13.5 Å². The van der Waals surface area contributed by atoms with E-state index in [-0.39, 0.29) is 25.4 Å². The van der Waals surface area contributed by atoms with Crippen LogP contribution in [0.15, 0.2) is 0 Å². The number of carbonyl (C=O) groups is 2. The number of ether oxygens (including phenoxy) is 1. The zero-order valence-corrected chi connectivity index (χ0v) is 12.6. The molecule has 5 nitrogen and oxygen atoms in total. The molecule has 0 aromatic heterocycles. The molecule has 122 valence electrons. The molecular formula is C12H19F3N2O3S. The molecule has 0 bridgehead atoms. The van der Waals surface area contributed by atoms with Crippen molar-refractivity contribution in [1.29, 1.82) is 0 Å². The van der Waals surface area contributed by atoms with Gasteiger partial charge in [0.1, 0.15) is 6.54 Å². The molecule has 0 aromatic rings. The average molecular weight is 328 g/mol. The highest BCUT2D eigenvalue weighted by Crippen LogP contribution is 2.18. The Bertz CT molecular complexity index is 360. The second-order valence-electron chi connectivity index (χ2n) is 4.69. The van der Waals surface area contributed by atoms with Crippen LogP contribution >= 0.6 is 11.8 Å². The average Bonchev–Trinajstić information content (AvgIpc) is 2.42. The van der Waals surface area contributed by atoms with Crippen LogP contribution in [0.5, 0.6) is 0 Å². The summed E-state index contributed by atoms with van der Waals surface area (Å²) in [6, 6.07) is -0.120. The fourth-order valence-electron chi connectivity index (χ4n) is 1.93. The summed E-state index contributed by atoms with van der Waals surface area (Å²) in [6.07, 6.45) is -4.73. The number of esters is 1. The lowest BCUT2D eigenvalue weighted by molar-refractivity contribution is -0.163. The molecule has 1 aliphatic heterocycles. The third-order valence-corrected chi connectivity index (χ3v) is 4.09. The Balaban J connectivity index is 2.56. The Labute approximate surface area is 125 Å². The minimum absolute atomic E-state index is 0.00422. The zero-order valence-electron chi connectivity index (χ0n) is 11.7. The van der Waals surface area contributed by atoms with Gasteiger partial charge in [-0.15, -0.1) is 0 Å². The van der Waals surface area contributed by atoms with Gasteiger partial charge in [-0.05, 0) is 0 Å². The van der Waals surface area contributed by atoms with E-state index in [1.54, 1.807) is 11.8 Å². The Hall–Kier alpha value is -0.960. The molecule has 0 aromatic carbocycles. The number of rotatable bonds is 6. The molecule has 1 N–H and O–H groups in total. The van der Waals surface area contributed by atoms with Crippen molar-refractivity contribution >= 4 is 23.6 Å². The lowest BCUT2D eigenvalue weighted by Gasteiger charge is -2.28. The van der Waals surface area contributed by atoms with E-state index in [4.69, 9.17) is 0 Å². The van der Waals surface area contributed by atoms with Gasteiger partial charge in [-0.3, -0.25) is 9.59 Å². The van der Waals surface area contributed by atoms with E-state index in [9.17, 15) is 22.8 Å². The first-order chi connectivity index (χ1) is 9.81. The standard InChI is InChI=1S/C12H19F3N2O3S/c1-20-11(19)2-4-17(8-12(13,14)15)10(18)6-9-7-21-5-3-16-9/h9,16H,2-8H2,1H3. The van der Waals surface area contributed by atoms with Crippen molar-refractivity contribution in [3.8, 4) is 0 Å². The molecule has 0 aliphatic carbocycles. The summed E-state index contributed by atoms with van der Waals surface area (Å²) in [5, 5.41) is 3.10. The molecule has 1 saturated heterocycles. The Morgan fingerprint density at radius 1 is 1.43 bits per heavy atom. The maximum atomic E-state index is 12.5. The van der Waals surface area contributed by atoms with Crippen LogP contribution in [-0.4, -0.2) is 67.2 Å². The second-order valence-corrected chi connectivity index (χ2v) is 5.84. The van der Waals surface area contributed by atoms with Crippen LogP contribution in [0, 0.1) is 0 Å². The van der Waals surface area contributed by atoms with E-state index in [1.165, 1.54) is 0 Å². The summed E-state index contributed by atoms with van der Waals surface area (Å²) in [7, 11) is 1.15. The maximum Gasteiger partial charge on any atom is 0.406 e. The van der Waals surface area contributed by atoms with Crippen LogP contribution in [-0.2, 0) is 14.3 Å². The topological polar surface area (TPSA) is 58.6 Å². The molecule has 0 saturated carbocycles. The van der Waals surface area contributed by atoms with E-state index in [0.29, 0.717) is 10.7 Å². The number of methoxy groups -OCH3 is 1. The smallest absolute Gasteiger partial charge is 0.406 e. The number of halogens is 3. The van der Waals surface area contributed by atoms with Gasteiger partial charge >= 0.3 is 12.1 Å². The third kappa shape index (κ3) is 7.56. The van der Waals surface area contributed by atoms with E-state index in [1.807, 2.05) is 0 Å². The Kier molecular flexibility index (Phi) is 7.30. The number of nitrogens with one attached hydrogen (secondary N) is 1. The van der Waals surface area contributed by atoms with Gasteiger partial charge in [-0.25, -0.2) is 0 Å². The largest absolute Gasteiger partial charge is 0.469 e. The molecular weight excluding hydrogens is 309 g/mol. The molecule has 9 heteroatoms. The highest BCUT2D eigenvalue weighted by Gasteiger charge is 2.33. The SMILES string of the molecule is COC(=O)CCN(CC(F)(F)F)C(=O)CC1CSCCN1. The van der Waals surface area contributed by atoms with Crippen molar-refractivity contribution in [2.45, 2.75) is 25.1 Å². The van der Waals surface area contributed by atoms with Crippen molar-refractivity contribution in [3.63, 3.8) is 0 Å². The molecule has 1 amide bonds. The number of carbonyl (C=O) groups excluding carboxylic acids is 2. The second kappa shape index (κ2) is 8.47. The minimum atomic E-state index is -4.49. The molecule has 1 fully saturated rings. The highest BCUT2D eigenvalue weighted by atomic mass is 32.2. The Morgan fingerprint density at radius 3 is 2.67 bits per heavy atom. The highest BCUT2D eigenvalue weighted by molar-refractivity contribution is 7.99. The van der Waals surface area contributed by atoms with Crippen molar-refractivity contribution < 1.29 is 27.5 Å². The first-order valence-electron chi connectivity index (χ1n) is 6.54. The molecule has 1 rings (SSSR count). The first-order valence-corrected chi connectivity index (χ1v) is 7.70. The predicted octanol–water partition coefficient (Wildman–Crippen LogP) is 1.04. The maximum absolute atomic E-state index is 12.5. The normalized spacial score (nSPS) is 19.1. The van der Waals surface area contributed by atoms with Gasteiger partial charge in [-0.2, -0.15) is 24.9 Å². The molecule has 1 heterocycles. The van der Waals surface area contributed by atoms with E-state index >= 15 is 0 Å². The number of amides is 1. The number of thioether (sulfide) groups is 1. The molecule has 1 unspecified atom stereocenters. The summed E-state index contributed by atoms with van der Waals surface area (Å²) in [4.78, 5) is 23.7. The number of nitrogens with zero attached hydrogens (tertiary/aromatic N) is 1. The number of hydrogen-bond acceptors (Lipinski definition) is 5. The molecule has 0 radical (unpaired) electrons. The molecule has 0 spiro atoms. The fraction of sp³-hybridized carbons (Fsp3) is 0.833. The van der Waals surface area contributed by atoms with Crippen molar-refractivity contribution in [1.82, 2.24) is 10.2 Å². The lowest BCUT2D eigenvalue weighted by Crippen LogP contribution is -2.45. The quantitative estimate of drug-likeness (QED) is 0.738. The minimum Gasteiger partial charge on any atom is -0.469 e. The summed E-state index contributed by atoms with van der Waals surface area (Å²) >= 11 is 1.66. The van der Waals surface area contributed by atoms with Crippen LogP contribution in [0.1, 0.15) is 12.8 Å². The Morgan fingerprint density at radius 2 is 2.14 bits per heavy atom. The van der Waals surface area contributed by atoms with Crippen molar-refractivity contribution in [3.05, 3.63) is 0 Å². The lowest BCUT2D eigenvalue weighted by atomic mass is 10.2. The van der Waals surface area contributed by atoms with Crippen LogP contribution in [0.25, 0.3) is 0 Å². The predicted molar refractivity (Wildman–Crippen MR) is 73.0 cm³/mol. The van der Waals surface area contributed by atoms with Crippen molar-refractivity contribution in [2.24, 2.45) is 0 Å². The van der Waals surface area contributed by atoms with Crippen LogP contribution in [0.3, 0.4) is 0 Å². The van der Waals surface area contributed by atoms with Gasteiger partial charge < -0.3 is 15.0 Å². The monoisotopic (exact) mass is 328 g/mol. The summed E-state index contributed by atoms with van der Waals surface area (Å²) < 4.78 is 42.0. The van der Waals surface area contributed by atoms with Crippen LogP contribution < -0.4 is 5.32 Å².